The van der Waals surface area contributed by atoms with E-state index in [0.29, 0.717) is 11.8 Å². The number of hydrogen-bond acceptors (Lipinski definition) is 4. The molecule has 31 heavy (non-hydrogen) atoms. The standard InChI is InChI=1S/C26H28N4O/c1-18-12-19(2)17-29(16-18)26-15-23(20-8-5-4-6-9-20)27-25-14-24(28-30(25)26)21-10-7-11-22(13-21)31-3/h4-11,13-15,18-19H,12,16-17H2,1-3H3/t18-,19+. The molecule has 5 rings (SSSR count). The molecule has 2 atom stereocenters. The van der Waals surface area contributed by atoms with Crippen LogP contribution in [-0.4, -0.2) is 34.8 Å². The van der Waals surface area contributed by atoms with Crippen LogP contribution in [0.3, 0.4) is 0 Å². The molecule has 0 bridgehead atoms. The smallest absolute Gasteiger partial charge is 0.158 e. The summed E-state index contributed by atoms with van der Waals surface area (Å²) in [5.74, 6) is 3.24. The van der Waals surface area contributed by atoms with Crippen molar-refractivity contribution in [1.29, 1.82) is 0 Å². The Hall–Kier alpha value is -3.34. The number of ether oxygens (including phenoxy) is 1. The van der Waals surface area contributed by atoms with Crippen molar-refractivity contribution in [1.82, 2.24) is 14.6 Å². The highest BCUT2D eigenvalue weighted by molar-refractivity contribution is 5.71. The zero-order valence-corrected chi connectivity index (χ0v) is 18.3. The quantitative estimate of drug-likeness (QED) is 0.440. The molecule has 0 saturated carbocycles. The summed E-state index contributed by atoms with van der Waals surface area (Å²) in [6.45, 7) is 6.74. The van der Waals surface area contributed by atoms with Crippen LogP contribution < -0.4 is 9.64 Å². The number of anilines is 1. The molecule has 0 amide bonds. The first kappa shape index (κ1) is 19.6. The number of aromatic nitrogens is 3. The lowest BCUT2D eigenvalue weighted by Crippen LogP contribution is -2.39. The molecule has 1 fully saturated rings. The Balaban J connectivity index is 1.67. The van der Waals surface area contributed by atoms with E-state index in [9.17, 15) is 0 Å². The van der Waals surface area contributed by atoms with Crippen molar-refractivity contribution in [3.05, 3.63) is 66.7 Å². The number of piperidine rings is 1. The highest BCUT2D eigenvalue weighted by Crippen LogP contribution is 2.32. The first-order valence-corrected chi connectivity index (χ1v) is 11.0. The van der Waals surface area contributed by atoms with E-state index in [4.69, 9.17) is 14.8 Å². The minimum Gasteiger partial charge on any atom is -0.497 e. The van der Waals surface area contributed by atoms with Gasteiger partial charge in [-0.1, -0.05) is 56.3 Å². The molecule has 158 valence electrons. The van der Waals surface area contributed by atoms with Gasteiger partial charge in [0, 0.05) is 36.3 Å². The molecule has 5 heteroatoms. The van der Waals surface area contributed by atoms with Crippen LogP contribution in [0, 0.1) is 11.8 Å². The number of fused-ring (bicyclic) bond motifs is 1. The topological polar surface area (TPSA) is 42.7 Å². The van der Waals surface area contributed by atoms with Crippen molar-refractivity contribution in [3.63, 3.8) is 0 Å². The zero-order valence-electron chi connectivity index (χ0n) is 18.3. The molecule has 1 aliphatic heterocycles. The maximum atomic E-state index is 5.41. The molecule has 1 aliphatic rings. The molecule has 0 radical (unpaired) electrons. The normalized spacial score (nSPS) is 19.0. The van der Waals surface area contributed by atoms with Gasteiger partial charge in [0.25, 0.3) is 0 Å². The first-order chi connectivity index (χ1) is 15.1. The molecule has 0 aliphatic carbocycles. The highest BCUT2D eigenvalue weighted by Gasteiger charge is 2.25. The third-order valence-electron chi connectivity index (χ3n) is 6.04. The van der Waals surface area contributed by atoms with Gasteiger partial charge < -0.3 is 9.64 Å². The first-order valence-electron chi connectivity index (χ1n) is 11.0. The summed E-state index contributed by atoms with van der Waals surface area (Å²) in [6, 6.07) is 22.7. The van der Waals surface area contributed by atoms with Gasteiger partial charge in [-0.2, -0.15) is 9.61 Å². The lowest BCUT2D eigenvalue weighted by atomic mass is 9.92. The Labute approximate surface area is 183 Å². The van der Waals surface area contributed by atoms with Gasteiger partial charge in [0.1, 0.15) is 11.6 Å². The van der Waals surface area contributed by atoms with Crippen LogP contribution in [0.1, 0.15) is 20.3 Å². The zero-order chi connectivity index (χ0) is 21.4. The summed E-state index contributed by atoms with van der Waals surface area (Å²) in [4.78, 5) is 7.44. The largest absolute Gasteiger partial charge is 0.497 e. The Morgan fingerprint density at radius 1 is 0.839 bits per heavy atom. The van der Waals surface area contributed by atoms with E-state index in [-0.39, 0.29) is 0 Å². The number of rotatable bonds is 4. The van der Waals surface area contributed by atoms with E-state index in [2.05, 4.69) is 61.2 Å². The Kier molecular flexibility index (Phi) is 5.10. The van der Waals surface area contributed by atoms with Crippen LogP contribution in [0.4, 0.5) is 5.82 Å². The number of hydrogen-bond donors (Lipinski definition) is 0. The monoisotopic (exact) mass is 412 g/mol. The van der Waals surface area contributed by atoms with Crippen LogP contribution in [0.25, 0.3) is 28.2 Å². The Morgan fingerprint density at radius 3 is 2.32 bits per heavy atom. The molecule has 0 unspecified atom stereocenters. The van der Waals surface area contributed by atoms with Gasteiger partial charge in [-0.05, 0) is 30.4 Å². The molecule has 3 heterocycles. The Bertz CT molecular complexity index is 1190. The molecule has 2 aromatic carbocycles. The molecular formula is C26H28N4O. The van der Waals surface area contributed by atoms with Gasteiger partial charge in [-0.3, -0.25) is 0 Å². The van der Waals surface area contributed by atoms with Gasteiger partial charge in [0.2, 0.25) is 0 Å². The van der Waals surface area contributed by atoms with Crippen LogP contribution in [0.15, 0.2) is 66.7 Å². The van der Waals surface area contributed by atoms with Gasteiger partial charge in [0.05, 0.1) is 18.5 Å². The summed E-state index contributed by atoms with van der Waals surface area (Å²) >= 11 is 0. The van der Waals surface area contributed by atoms with E-state index in [1.807, 2.05) is 28.8 Å². The molecular weight excluding hydrogens is 384 g/mol. The predicted octanol–water partition coefficient (Wildman–Crippen LogP) is 5.55. The lowest BCUT2D eigenvalue weighted by Gasteiger charge is -2.36. The maximum absolute atomic E-state index is 5.41. The third kappa shape index (κ3) is 3.88. The SMILES string of the molecule is COc1cccc(-c2cc3nc(-c4ccccc4)cc(N4C[C@H](C)C[C@H](C)C4)n3n2)c1. The summed E-state index contributed by atoms with van der Waals surface area (Å²) in [5, 5.41) is 4.98. The van der Waals surface area contributed by atoms with Crippen molar-refractivity contribution >= 4 is 11.5 Å². The van der Waals surface area contributed by atoms with Crippen molar-refractivity contribution in [2.45, 2.75) is 20.3 Å². The van der Waals surface area contributed by atoms with E-state index < -0.39 is 0 Å². The van der Waals surface area contributed by atoms with E-state index in [1.54, 1.807) is 7.11 Å². The van der Waals surface area contributed by atoms with Gasteiger partial charge in [0.15, 0.2) is 5.65 Å². The second kappa shape index (κ2) is 8.06. The van der Waals surface area contributed by atoms with Crippen molar-refractivity contribution in [3.8, 4) is 28.3 Å². The van der Waals surface area contributed by atoms with Crippen molar-refractivity contribution < 1.29 is 4.74 Å². The summed E-state index contributed by atoms with van der Waals surface area (Å²) < 4.78 is 7.42. The van der Waals surface area contributed by atoms with E-state index in [0.717, 1.165) is 52.8 Å². The van der Waals surface area contributed by atoms with Crippen LogP contribution >= 0.6 is 0 Å². The molecule has 2 aromatic heterocycles. The third-order valence-corrected chi connectivity index (χ3v) is 6.04. The van der Waals surface area contributed by atoms with E-state index >= 15 is 0 Å². The average Bonchev–Trinajstić information content (AvgIpc) is 3.23. The van der Waals surface area contributed by atoms with Gasteiger partial charge in [-0.15, -0.1) is 0 Å². The fourth-order valence-electron chi connectivity index (χ4n) is 4.71. The average molecular weight is 413 g/mol. The van der Waals surface area contributed by atoms with Crippen molar-refractivity contribution in [2.75, 3.05) is 25.1 Å². The minimum atomic E-state index is 0.653. The second-order valence-electron chi connectivity index (χ2n) is 8.75. The maximum Gasteiger partial charge on any atom is 0.158 e. The molecule has 0 spiro atoms. The second-order valence-corrected chi connectivity index (χ2v) is 8.75. The van der Waals surface area contributed by atoms with Crippen LogP contribution in [0.2, 0.25) is 0 Å². The van der Waals surface area contributed by atoms with Crippen LogP contribution in [0.5, 0.6) is 5.75 Å². The van der Waals surface area contributed by atoms with Crippen LogP contribution in [-0.2, 0) is 0 Å². The van der Waals surface area contributed by atoms with Gasteiger partial charge in [-0.25, -0.2) is 4.98 Å². The molecule has 0 N–H and O–H groups in total. The fourth-order valence-corrected chi connectivity index (χ4v) is 4.71. The Morgan fingerprint density at radius 2 is 1.58 bits per heavy atom. The fraction of sp³-hybridized carbons (Fsp3) is 0.308. The summed E-state index contributed by atoms with van der Waals surface area (Å²) in [7, 11) is 1.69. The minimum absolute atomic E-state index is 0.653. The molecule has 1 saturated heterocycles. The number of nitrogens with zero attached hydrogens (tertiary/aromatic N) is 4. The number of methoxy groups -OCH3 is 1. The summed E-state index contributed by atoms with van der Waals surface area (Å²) in [6.07, 6.45) is 1.27. The predicted molar refractivity (Wildman–Crippen MR) is 126 cm³/mol. The molecule has 4 aromatic rings. The van der Waals surface area contributed by atoms with Gasteiger partial charge >= 0.3 is 0 Å². The van der Waals surface area contributed by atoms with Crippen molar-refractivity contribution in [2.24, 2.45) is 11.8 Å². The van der Waals surface area contributed by atoms with E-state index in [1.165, 1.54) is 6.42 Å². The number of benzene rings is 2. The lowest BCUT2D eigenvalue weighted by molar-refractivity contribution is 0.354. The summed E-state index contributed by atoms with van der Waals surface area (Å²) in [5.41, 5.74) is 4.88. The highest BCUT2D eigenvalue weighted by atomic mass is 16.5. The molecule has 5 nitrogen and oxygen atoms in total.